The minimum absolute atomic E-state index is 0. The first kappa shape index (κ1) is 19.7. The molecule has 4 heteroatoms. The summed E-state index contributed by atoms with van der Waals surface area (Å²) in [5.74, 6) is 0.756. The third-order valence-corrected chi connectivity index (χ3v) is 3.44. The largest absolute Gasteiger partial charge is 4.00 e. The molecule has 0 amide bonds. The summed E-state index contributed by atoms with van der Waals surface area (Å²) in [7, 11) is 0. The van der Waals surface area contributed by atoms with Crippen molar-refractivity contribution in [3.8, 4) is 0 Å². The smallest absolute Gasteiger partial charge is 1.00 e. The van der Waals surface area contributed by atoms with E-state index in [-0.39, 0.29) is 51.0 Å². The van der Waals surface area contributed by atoms with E-state index in [1.165, 1.54) is 29.5 Å². The van der Waals surface area contributed by atoms with E-state index in [1.807, 2.05) is 19.2 Å². The van der Waals surface area contributed by atoms with Gasteiger partial charge in [0.1, 0.15) is 0 Å². The maximum absolute atomic E-state index is 3.45. The molecule has 102 valence electrons. The Hall–Kier alpha value is -0.297. The van der Waals surface area contributed by atoms with Crippen LogP contribution in [0.25, 0.3) is 0 Å². The summed E-state index contributed by atoms with van der Waals surface area (Å²) in [6.07, 6.45) is 10.8. The van der Waals surface area contributed by atoms with Crippen LogP contribution in [0, 0.1) is 19.2 Å². The van der Waals surface area contributed by atoms with Crippen LogP contribution in [0.3, 0.4) is 0 Å². The van der Waals surface area contributed by atoms with Crippen molar-refractivity contribution < 1.29 is 51.0 Å². The van der Waals surface area contributed by atoms with Gasteiger partial charge in [-0.3, -0.25) is 0 Å². The van der Waals surface area contributed by atoms with E-state index >= 15 is 0 Å². The van der Waals surface area contributed by atoms with Gasteiger partial charge in [0.05, 0.1) is 0 Å². The van der Waals surface area contributed by atoms with Crippen LogP contribution in [0.1, 0.15) is 35.4 Å². The quantitative estimate of drug-likeness (QED) is 0.497. The van der Waals surface area contributed by atoms with Crippen molar-refractivity contribution in [3.05, 3.63) is 71.1 Å². The second kappa shape index (κ2) is 8.87. The molecule has 0 spiro atoms. The van der Waals surface area contributed by atoms with Gasteiger partial charge < -0.3 is 29.8 Å². The maximum atomic E-state index is 3.45. The molecule has 1 heterocycles. The van der Waals surface area contributed by atoms with Crippen LogP contribution in [0.5, 0.6) is 0 Å². The van der Waals surface area contributed by atoms with Gasteiger partial charge >= 0.3 is 26.2 Å². The number of hydrogen-bond acceptors (Lipinski definition) is 0. The number of H-pyrrole nitrogens is 1. The second-order valence-corrected chi connectivity index (χ2v) is 4.61. The monoisotopic (exact) mass is 381 g/mol. The molecular formula is C16H15Cl2NZr. The fourth-order valence-corrected chi connectivity index (χ4v) is 2.38. The molecule has 0 aliphatic heterocycles. The minimum atomic E-state index is 0. The number of halogens is 2. The fraction of sp³-hybridized carbons (Fsp3) is 0.250. The van der Waals surface area contributed by atoms with Crippen LogP contribution in [0.15, 0.2) is 42.1 Å². The summed E-state index contributed by atoms with van der Waals surface area (Å²) in [5.41, 5.74) is 5.54. The summed E-state index contributed by atoms with van der Waals surface area (Å²) in [6, 6.07) is 10.6. The standard InChI is InChI=1S/C11H9.C5H6N.2ClH.Zr/c1-2-4-10-8(3-1)7-9-5-6-11(9)10;1-5-2-3-6-4-5;;;/h1-4,11H,5-6H2;2-3,6H,1H3;2*1H;/q2*-1;;;+4/p-2. The van der Waals surface area contributed by atoms with E-state index in [0.717, 1.165) is 11.5 Å². The number of aryl methyl sites for hydroxylation is 1. The van der Waals surface area contributed by atoms with Crippen LogP contribution < -0.4 is 24.8 Å². The van der Waals surface area contributed by atoms with Gasteiger partial charge in [-0.1, -0.05) is 25.3 Å². The van der Waals surface area contributed by atoms with Gasteiger partial charge in [0, 0.05) is 0 Å². The Morgan fingerprint density at radius 3 is 2.40 bits per heavy atom. The Labute approximate surface area is 152 Å². The normalized spacial score (nSPS) is 16.4. The van der Waals surface area contributed by atoms with Crippen molar-refractivity contribution in [1.82, 2.24) is 4.98 Å². The number of allylic oxidation sites excluding steroid dienone is 1. The Morgan fingerprint density at radius 2 is 1.90 bits per heavy atom. The third-order valence-electron chi connectivity index (χ3n) is 3.44. The van der Waals surface area contributed by atoms with E-state index in [1.54, 1.807) is 0 Å². The van der Waals surface area contributed by atoms with Crippen LogP contribution in [0.2, 0.25) is 0 Å². The van der Waals surface area contributed by atoms with Gasteiger partial charge in [-0.2, -0.15) is 35.5 Å². The van der Waals surface area contributed by atoms with Crippen LogP contribution in [0.4, 0.5) is 0 Å². The molecular weight excluding hydrogens is 368 g/mol. The molecule has 4 rings (SSSR count). The van der Waals surface area contributed by atoms with Gasteiger partial charge in [0.25, 0.3) is 0 Å². The summed E-state index contributed by atoms with van der Waals surface area (Å²) in [4.78, 5) is 2.80. The van der Waals surface area contributed by atoms with Gasteiger partial charge in [-0.15, -0.1) is 29.5 Å². The molecule has 20 heavy (non-hydrogen) atoms. The first-order valence-electron chi connectivity index (χ1n) is 6.08. The molecule has 2 aliphatic rings. The molecule has 0 radical (unpaired) electrons. The van der Waals surface area contributed by atoms with Gasteiger partial charge in [0.2, 0.25) is 0 Å². The van der Waals surface area contributed by atoms with E-state index in [4.69, 9.17) is 0 Å². The molecule has 1 N–H and O–H groups in total. The Balaban J connectivity index is 0.000000356. The van der Waals surface area contributed by atoms with E-state index in [0.29, 0.717) is 0 Å². The van der Waals surface area contributed by atoms with Crippen LogP contribution >= 0.6 is 0 Å². The zero-order valence-corrected chi connectivity index (χ0v) is 15.2. The molecule has 1 unspecified atom stereocenters. The van der Waals surface area contributed by atoms with Crippen molar-refractivity contribution in [2.45, 2.75) is 25.7 Å². The molecule has 2 aromatic rings. The predicted molar refractivity (Wildman–Crippen MR) is 68.6 cm³/mol. The average molecular weight is 383 g/mol. The number of aromatic amines is 1. The van der Waals surface area contributed by atoms with Crippen LogP contribution in [-0.2, 0) is 26.2 Å². The minimum Gasteiger partial charge on any atom is -1.00 e. The number of hydrogen-bond donors (Lipinski definition) is 1. The van der Waals surface area contributed by atoms with Crippen LogP contribution in [-0.4, -0.2) is 4.98 Å². The maximum Gasteiger partial charge on any atom is 4.00 e. The van der Waals surface area contributed by atoms with Gasteiger partial charge in [-0.25, -0.2) is 0 Å². The van der Waals surface area contributed by atoms with Gasteiger partial charge in [0.15, 0.2) is 0 Å². The molecule has 1 saturated carbocycles. The van der Waals surface area contributed by atoms with Gasteiger partial charge in [-0.05, 0) is 6.42 Å². The number of nitrogens with one attached hydrogen (secondary N) is 1. The Kier molecular flexibility index (Phi) is 8.74. The van der Waals surface area contributed by atoms with Crippen molar-refractivity contribution in [2.75, 3.05) is 0 Å². The molecule has 0 saturated heterocycles. The van der Waals surface area contributed by atoms with Crippen molar-refractivity contribution in [3.63, 3.8) is 0 Å². The molecule has 1 fully saturated rings. The van der Waals surface area contributed by atoms with E-state index in [2.05, 4.69) is 41.5 Å². The molecule has 1 nitrogen and oxygen atoms in total. The molecule has 1 aromatic heterocycles. The third kappa shape index (κ3) is 4.10. The van der Waals surface area contributed by atoms with Crippen molar-refractivity contribution in [2.24, 2.45) is 0 Å². The predicted octanol–water partition coefficient (Wildman–Crippen LogP) is -2.22. The van der Waals surface area contributed by atoms with E-state index < -0.39 is 0 Å². The SMILES string of the molecule is Cc1[c-][nH]cc1.[C-]1=C2CCC2c2ccccc21.[Cl-].[Cl-].[Zr+4]. The first-order valence-corrected chi connectivity index (χ1v) is 6.08. The van der Waals surface area contributed by atoms with E-state index in [9.17, 15) is 0 Å². The number of fused-ring (bicyclic) bond motifs is 3. The second-order valence-electron chi connectivity index (χ2n) is 4.61. The van der Waals surface area contributed by atoms with Crippen molar-refractivity contribution in [1.29, 1.82) is 0 Å². The average Bonchev–Trinajstić information content (AvgIpc) is 2.86. The molecule has 1 aromatic carbocycles. The summed E-state index contributed by atoms with van der Waals surface area (Å²) in [6.45, 7) is 2.00. The van der Waals surface area contributed by atoms with Crippen molar-refractivity contribution >= 4 is 0 Å². The summed E-state index contributed by atoms with van der Waals surface area (Å²) in [5, 5.41) is 0. The number of benzene rings is 1. The Morgan fingerprint density at radius 1 is 1.15 bits per heavy atom. The first-order chi connectivity index (χ1) is 8.34. The molecule has 1 atom stereocenters. The topological polar surface area (TPSA) is 15.8 Å². The Bertz CT molecular complexity index is 549. The zero-order chi connectivity index (χ0) is 11.7. The fourth-order valence-electron chi connectivity index (χ4n) is 2.38. The molecule has 2 aliphatic carbocycles. The number of rotatable bonds is 0. The summed E-state index contributed by atoms with van der Waals surface area (Å²) >= 11 is 0. The zero-order valence-electron chi connectivity index (χ0n) is 11.2. The summed E-state index contributed by atoms with van der Waals surface area (Å²) < 4.78 is 0. The molecule has 0 bridgehead atoms. The number of aromatic nitrogens is 1.